The van der Waals surface area contributed by atoms with Gasteiger partial charge in [0.2, 0.25) is 5.28 Å². The molecule has 3 rings (SSSR count). The zero-order chi connectivity index (χ0) is 14.8. The van der Waals surface area contributed by atoms with Crippen LogP contribution >= 0.6 is 24.2 Å². The molecule has 1 fully saturated rings. The number of hydrogen-bond acceptors (Lipinski definition) is 7. The third-order valence-corrected chi connectivity index (χ3v) is 3.72. The van der Waals surface area contributed by atoms with Crippen LogP contribution in [0.4, 0.5) is 5.82 Å². The maximum Gasteiger partial charge on any atom is 0.225 e. The number of aromatic nitrogens is 4. The Labute approximate surface area is 133 Å². The molecule has 6 nitrogen and oxygen atoms in total. The van der Waals surface area contributed by atoms with Crippen LogP contribution in [0.15, 0.2) is 5.16 Å². The van der Waals surface area contributed by atoms with Gasteiger partial charge in [0.1, 0.15) is 11.0 Å². The molecule has 0 atom stereocenters. The molecule has 1 saturated heterocycles. The van der Waals surface area contributed by atoms with Crippen LogP contribution in [0.2, 0.25) is 5.28 Å². The van der Waals surface area contributed by atoms with Gasteiger partial charge in [0.25, 0.3) is 0 Å². The van der Waals surface area contributed by atoms with E-state index < -0.39 is 0 Å². The third-order valence-electron chi connectivity index (χ3n) is 3.36. The standard InChI is InChI=1S/C13H16ClN5OS/c1-2-3-8-9-10(17-13(21)15-8)11(18-12(14)16-9)19-4-6-20-7-5-19/h2-7H2,1H3,(H,15,17,21). The third kappa shape index (κ3) is 3.04. The Bertz CT molecular complexity index is 663. The van der Waals surface area contributed by atoms with Crippen LogP contribution in [-0.2, 0) is 11.2 Å². The smallest absolute Gasteiger partial charge is 0.225 e. The van der Waals surface area contributed by atoms with Gasteiger partial charge < -0.3 is 9.64 Å². The molecule has 0 aliphatic carbocycles. The second kappa shape index (κ2) is 6.29. The van der Waals surface area contributed by atoms with Gasteiger partial charge in [0.05, 0.1) is 18.9 Å². The van der Waals surface area contributed by atoms with Crippen molar-refractivity contribution in [3.05, 3.63) is 11.0 Å². The molecular weight excluding hydrogens is 310 g/mol. The van der Waals surface area contributed by atoms with Gasteiger partial charge in [0.15, 0.2) is 11.0 Å². The summed E-state index contributed by atoms with van der Waals surface area (Å²) in [7, 11) is 0. The minimum atomic E-state index is 0.219. The number of hydrogen-bond donors (Lipinski definition) is 1. The zero-order valence-corrected chi connectivity index (χ0v) is 13.4. The number of morpholine rings is 1. The molecule has 2 aromatic heterocycles. The number of halogens is 1. The number of anilines is 1. The first-order valence-corrected chi connectivity index (χ1v) is 7.77. The Kier molecular flexibility index (Phi) is 4.42. The van der Waals surface area contributed by atoms with Crippen LogP contribution < -0.4 is 4.90 Å². The monoisotopic (exact) mass is 325 g/mol. The van der Waals surface area contributed by atoms with Gasteiger partial charge >= 0.3 is 0 Å². The van der Waals surface area contributed by atoms with Crippen molar-refractivity contribution in [2.75, 3.05) is 31.2 Å². The topological polar surface area (TPSA) is 64.0 Å². The van der Waals surface area contributed by atoms with Gasteiger partial charge in [-0.15, -0.1) is 12.6 Å². The van der Waals surface area contributed by atoms with Gasteiger partial charge in [-0.2, -0.15) is 4.98 Å². The second-order valence-electron chi connectivity index (χ2n) is 4.83. The molecule has 0 N–H and O–H groups in total. The molecule has 2 aromatic rings. The summed E-state index contributed by atoms with van der Waals surface area (Å²) in [5, 5.41) is 0.656. The van der Waals surface area contributed by atoms with Crippen LogP contribution in [0.5, 0.6) is 0 Å². The first kappa shape index (κ1) is 14.7. The SMILES string of the molecule is CCCc1nc(S)nc2c(N3CCOCC3)nc(Cl)nc12. The Balaban J connectivity index is 2.18. The van der Waals surface area contributed by atoms with E-state index in [-0.39, 0.29) is 5.28 Å². The molecule has 3 heterocycles. The van der Waals surface area contributed by atoms with E-state index in [4.69, 9.17) is 16.3 Å². The Morgan fingerprint density at radius 2 is 1.90 bits per heavy atom. The van der Waals surface area contributed by atoms with E-state index in [1.165, 1.54) is 0 Å². The molecule has 1 aliphatic heterocycles. The number of thiol groups is 1. The van der Waals surface area contributed by atoms with Crippen molar-refractivity contribution in [1.82, 2.24) is 19.9 Å². The van der Waals surface area contributed by atoms with Crippen molar-refractivity contribution < 1.29 is 4.74 Å². The van der Waals surface area contributed by atoms with Gasteiger partial charge in [0, 0.05) is 13.1 Å². The minimum absolute atomic E-state index is 0.219. The first-order chi connectivity index (χ1) is 10.2. The molecule has 0 spiro atoms. The van der Waals surface area contributed by atoms with Crippen LogP contribution in [-0.4, -0.2) is 46.2 Å². The fraction of sp³-hybridized carbons (Fsp3) is 0.538. The predicted octanol–water partition coefficient (Wildman–Crippen LogP) is 2.15. The van der Waals surface area contributed by atoms with Crippen molar-refractivity contribution in [3.63, 3.8) is 0 Å². The fourth-order valence-electron chi connectivity index (χ4n) is 2.43. The van der Waals surface area contributed by atoms with Crippen LogP contribution in [0, 0.1) is 0 Å². The van der Waals surface area contributed by atoms with Gasteiger partial charge in [-0.25, -0.2) is 15.0 Å². The summed E-state index contributed by atoms with van der Waals surface area (Å²) in [6.07, 6.45) is 1.77. The molecule has 8 heteroatoms. The highest BCUT2D eigenvalue weighted by molar-refractivity contribution is 7.80. The van der Waals surface area contributed by atoms with E-state index in [9.17, 15) is 0 Å². The second-order valence-corrected chi connectivity index (χ2v) is 5.57. The van der Waals surface area contributed by atoms with Crippen LogP contribution in [0.3, 0.4) is 0 Å². The minimum Gasteiger partial charge on any atom is -0.378 e. The van der Waals surface area contributed by atoms with E-state index >= 15 is 0 Å². The maximum atomic E-state index is 6.10. The van der Waals surface area contributed by atoms with Gasteiger partial charge in [-0.3, -0.25) is 0 Å². The lowest BCUT2D eigenvalue weighted by Gasteiger charge is -2.28. The van der Waals surface area contributed by atoms with Crippen molar-refractivity contribution in [2.45, 2.75) is 24.9 Å². The number of fused-ring (bicyclic) bond motifs is 1. The molecule has 1 aliphatic rings. The number of aryl methyl sites for hydroxylation is 1. The van der Waals surface area contributed by atoms with Gasteiger partial charge in [-0.1, -0.05) is 13.3 Å². The fourth-order valence-corrected chi connectivity index (χ4v) is 2.81. The quantitative estimate of drug-likeness (QED) is 0.689. The average Bonchev–Trinajstić information content (AvgIpc) is 2.48. The lowest BCUT2D eigenvalue weighted by molar-refractivity contribution is 0.122. The Morgan fingerprint density at radius 1 is 1.14 bits per heavy atom. The molecule has 0 bridgehead atoms. The maximum absolute atomic E-state index is 6.10. The molecule has 0 amide bonds. The lowest BCUT2D eigenvalue weighted by atomic mass is 10.2. The summed E-state index contributed by atoms with van der Waals surface area (Å²) in [6.45, 7) is 4.96. The number of nitrogens with zero attached hydrogens (tertiary/aromatic N) is 5. The van der Waals surface area contributed by atoms with Crippen LogP contribution in [0.1, 0.15) is 19.0 Å². The summed E-state index contributed by atoms with van der Waals surface area (Å²) in [5.74, 6) is 0.739. The average molecular weight is 326 g/mol. The van der Waals surface area contributed by atoms with E-state index in [1.54, 1.807) is 0 Å². The van der Waals surface area contributed by atoms with Crippen molar-refractivity contribution >= 4 is 41.1 Å². The summed E-state index contributed by atoms with van der Waals surface area (Å²) in [5.41, 5.74) is 2.30. The zero-order valence-electron chi connectivity index (χ0n) is 11.7. The number of rotatable bonds is 3. The predicted molar refractivity (Wildman–Crippen MR) is 84.4 cm³/mol. The van der Waals surface area contributed by atoms with E-state index in [0.29, 0.717) is 23.9 Å². The Morgan fingerprint density at radius 3 is 2.62 bits per heavy atom. The molecule has 112 valence electrons. The highest BCUT2D eigenvalue weighted by atomic mass is 35.5. The largest absolute Gasteiger partial charge is 0.378 e. The summed E-state index contributed by atoms with van der Waals surface area (Å²) in [4.78, 5) is 19.6. The first-order valence-electron chi connectivity index (χ1n) is 6.95. The molecular formula is C13H16ClN5OS. The lowest BCUT2D eigenvalue weighted by Crippen LogP contribution is -2.37. The van der Waals surface area contributed by atoms with Crippen molar-refractivity contribution in [1.29, 1.82) is 0 Å². The van der Waals surface area contributed by atoms with Gasteiger partial charge in [-0.05, 0) is 18.0 Å². The molecule has 0 aromatic carbocycles. The van der Waals surface area contributed by atoms with E-state index in [0.717, 1.165) is 43.0 Å². The van der Waals surface area contributed by atoms with E-state index in [2.05, 4.69) is 44.4 Å². The molecule has 0 saturated carbocycles. The van der Waals surface area contributed by atoms with E-state index in [1.807, 2.05) is 0 Å². The highest BCUT2D eigenvalue weighted by Crippen LogP contribution is 2.27. The normalized spacial score (nSPS) is 15.7. The molecule has 0 radical (unpaired) electrons. The summed E-state index contributed by atoms with van der Waals surface area (Å²) < 4.78 is 5.38. The molecule has 0 unspecified atom stereocenters. The summed E-state index contributed by atoms with van der Waals surface area (Å²) >= 11 is 10.4. The molecule has 21 heavy (non-hydrogen) atoms. The highest BCUT2D eigenvalue weighted by Gasteiger charge is 2.20. The van der Waals surface area contributed by atoms with Crippen LogP contribution in [0.25, 0.3) is 11.0 Å². The Hall–Kier alpha value is -1.18. The van der Waals surface area contributed by atoms with Crippen molar-refractivity contribution in [3.8, 4) is 0 Å². The number of ether oxygens (including phenoxy) is 1. The van der Waals surface area contributed by atoms with Crippen molar-refractivity contribution in [2.24, 2.45) is 0 Å². The summed E-state index contributed by atoms with van der Waals surface area (Å²) in [6, 6.07) is 0.